The minimum Gasteiger partial charge on any atom is -0.354 e. The van der Waals surface area contributed by atoms with Crippen LogP contribution in [-0.2, 0) is 21.4 Å². The average molecular weight is 511 g/mol. The van der Waals surface area contributed by atoms with Gasteiger partial charge in [-0.25, -0.2) is 13.1 Å². The molecule has 0 aliphatic carbocycles. The van der Waals surface area contributed by atoms with Gasteiger partial charge in [-0.15, -0.1) is 0 Å². The van der Waals surface area contributed by atoms with E-state index in [9.17, 15) is 13.2 Å². The van der Waals surface area contributed by atoms with Gasteiger partial charge in [0, 0.05) is 35.9 Å². The van der Waals surface area contributed by atoms with Crippen molar-refractivity contribution in [2.75, 3.05) is 37.0 Å². The summed E-state index contributed by atoms with van der Waals surface area (Å²) < 4.78 is 25.0. The van der Waals surface area contributed by atoms with E-state index in [0.29, 0.717) is 41.6 Å². The Balaban J connectivity index is 1.56. The van der Waals surface area contributed by atoms with Crippen molar-refractivity contribution in [2.24, 2.45) is 0 Å². The summed E-state index contributed by atoms with van der Waals surface area (Å²) in [6.07, 6.45) is 1.15. The standard InChI is InChI=1S/C26H27ClN4O3S/c1-31(15-14-28-35(2,33)34)17-18-8-11-21(12-9-18)29-25(19-6-4-3-5-7-19)24-22-13-10-20(27)16-23(22)30-26(24)32/h3-13,16,28-29H,14-15,17H2,1-2H3,(H,30,32)/b25-24-. The summed E-state index contributed by atoms with van der Waals surface area (Å²) in [6, 6.07) is 23.1. The predicted octanol–water partition coefficient (Wildman–Crippen LogP) is 4.25. The maximum absolute atomic E-state index is 13.0. The molecule has 0 atom stereocenters. The van der Waals surface area contributed by atoms with Crippen molar-refractivity contribution in [3.63, 3.8) is 0 Å². The number of nitrogens with zero attached hydrogens (tertiary/aromatic N) is 1. The molecule has 1 aliphatic heterocycles. The number of anilines is 2. The van der Waals surface area contributed by atoms with Crippen LogP contribution in [0.1, 0.15) is 16.7 Å². The first kappa shape index (κ1) is 24.9. The molecule has 3 aromatic carbocycles. The highest BCUT2D eigenvalue weighted by molar-refractivity contribution is 7.88. The van der Waals surface area contributed by atoms with Crippen LogP contribution >= 0.6 is 11.6 Å². The fourth-order valence-electron chi connectivity index (χ4n) is 3.93. The van der Waals surface area contributed by atoms with Crippen molar-refractivity contribution in [2.45, 2.75) is 6.54 Å². The number of hydrogen-bond acceptors (Lipinski definition) is 5. The molecule has 0 aromatic heterocycles. The van der Waals surface area contributed by atoms with Crippen molar-refractivity contribution in [3.05, 3.63) is 94.5 Å². The molecule has 182 valence electrons. The lowest BCUT2D eigenvalue weighted by atomic mass is 10.00. The Morgan fingerprint density at radius 3 is 2.43 bits per heavy atom. The van der Waals surface area contributed by atoms with Crippen LogP contribution in [0.5, 0.6) is 0 Å². The van der Waals surface area contributed by atoms with Gasteiger partial charge in [-0.2, -0.15) is 0 Å². The zero-order valence-electron chi connectivity index (χ0n) is 19.5. The molecule has 0 saturated carbocycles. The van der Waals surface area contributed by atoms with Gasteiger partial charge in [-0.3, -0.25) is 4.79 Å². The second-order valence-electron chi connectivity index (χ2n) is 8.49. The molecule has 7 nitrogen and oxygen atoms in total. The lowest BCUT2D eigenvalue weighted by Crippen LogP contribution is -2.32. The number of sulfonamides is 1. The van der Waals surface area contributed by atoms with Crippen LogP contribution in [0.25, 0.3) is 11.3 Å². The van der Waals surface area contributed by atoms with Crippen LogP contribution in [0.4, 0.5) is 11.4 Å². The van der Waals surface area contributed by atoms with Crippen LogP contribution in [0.2, 0.25) is 5.02 Å². The largest absolute Gasteiger partial charge is 0.354 e. The molecule has 0 spiro atoms. The molecule has 3 aromatic rings. The Kier molecular flexibility index (Phi) is 7.57. The van der Waals surface area contributed by atoms with Gasteiger partial charge in [0.2, 0.25) is 10.0 Å². The number of fused-ring (bicyclic) bond motifs is 1. The molecular formula is C26H27ClN4O3S. The van der Waals surface area contributed by atoms with Gasteiger partial charge in [0.15, 0.2) is 0 Å². The second kappa shape index (κ2) is 10.6. The van der Waals surface area contributed by atoms with E-state index in [0.717, 1.165) is 28.6 Å². The molecule has 4 rings (SSSR count). The molecule has 35 heavy (non-hydrogen) atoms. The fourth-order valence-corrected chi connectivity index (χ4v) is 4.56. The maximum Gasteiger partial charge on any atom is 0.258 e. The van der Waals surface area contributed by atoms with Gasteiger partial charge in [-0.1, -0.05) is 60.1 Å². The number of likely N-dealkylation sites (N-methyl/N-ethyl adjacent to an activating group) is 1. The van der Waals surface area contributed by atoms with Crippen LogP contribution in [-0.4, -0.2) is 45.6 Å². The summed E-state index contributed by atoms with van der Waals surface area (Å²) in [5, 5.41) is 6.92. The molecule has 9 heteroatoms. The highest BCUT2D eigenvalue weighted by Gasteiger charge is 2.28. The number of halogens is 1. The summed E-state index contributed by atoms with van der Waals surface area (Å²) in [7, 11) is -1.25. The van der Waals surface area contributed by atoms with Gasteiger partial charge in [0.05, 0.1) is 23.2 Å². The summed E-state index contributed by atoms with van der Waals surface area (Å²) in [5.41, 5.74) is 5.58. The summed E-state index contributed by atoms with van der Waals surface area (Å²) in [5.74, 6) is -0.186. The molecule has 1 heterocycles. The number of hydrogen-bond donors (Lipinski definition) is 3. The van der Waals surface area contributed by atoms with Crippen LogP contribution in [0.3, 0.4) is 0 Å². The summed E-state index contributed by atoms with van der Waals surface area (Å²) >= 11 is 6.13. The first-order valence-electron chi connectivity index (χ1n) is 11.1. The minimum absolute atomic E-state index is 0.186. The minimum atomic E-state index is -3.19. The van der Waals surface area contributed by atoms with E-state index in [1.807, 2.05) is 72.6 Å². The van der Waals surface area contributed by atoms with Gasteiger partial charge in [0.1, 0.15) is 0 Å². The molecule has 0 fully saturated rings. The Morgan fingerprint density at radius 1 is 1.03 bits per heavy atom. The zero-order chi connectivity index (χ0) is 25.0. The number of carbonyl (C=O) groups excluding carboxylic acids is 1. The Morgan fingerprint density at radius 2 is 1.74 bits per heavy atom. The smallest absolute Gasteiger partial charge is 0.258 e. The van der Waals surface area contributed by atoms with E-state index in [4.69, 9.17) is 11.6 Å². The van der Waals surface area contributed by atoms with Gasteiger partial charge in [-0.05, 0) is 42.4 Å². The van der Waals surface area contributed by atoms with E-state index >= 15 is 0 Å². The van der Waals surface area contributed by atoms with Crippen LogP contribution < -0.4 is 15.4 Å². The van der Waals surface area contributed by atoms with E-state index in [-0.39, 0.29) is 5.91 Å². The third-order valence-electron chi connectivity index (χ3n) is 5.57. The number of benzene rings is 3. The van der Waals surface area contributed by atoms with Crippen molar-refractivity contribution in [1.82, 2.24) is 9.62 Å². The van der Waals surface area contributed by atoms with Gasteiger partial charge >= 0.3 is 0 Å². The van der Waals surface area contributed by atoms with Crippen molar-refractivity contribution >= 4 is 50.2 Å². The lowest BCUT2D eigenvalue weighted by Gasteiger charge is -2.18. The first-order chi connectivity index (χ1) is 16.7. The molecule has 0 saturated heterocycles. The summed E-state index contributed by atoms with van der Waals surface area (Å²) in [6.45, 7) is 1.63. The van der Waals surface area contributed by atoms with E-state index < -0.39 is 10.0 Å². The van der Waals surface area contributed by atoms with E-state index in [1.54, 1.807) is 12.1 Å². The van der Waals surface area contributed by atoms with Gasteiger partial charge in [0.25, 0.3) is 5.91 Å². The number of amides is 1. The first-order valence-corrected chi connectivity index (χ1v) is 13.4. The highest BCUT2D eigenvalue weighted by Crippen LogP contribution is 2.38. The summed E-state index contributed by atoms with van der Waals surface area (Å²) in [4.78, 5) is 15.0. The molecule has 3 N–H and O–H groups in total. The SMILES string of the molecule is CN(CCNS(C)(=O)=O)Cc1ccc(N/C(=C2\C(=O)Nc3cc(Cl)ccc32)c2ccccc2)cc1. The monoisotopic (exact) mass is 510 g/mol. The topological polar surface area (TPSA) is 90.5 Å². The maximum atomic E-state index is 13.0. The Labute approximate surface area is 210 Å². The molecule has 0 bridgehead atoms. The van der Waals surface area contributed by atoms with E-state index in [2.05, 4.69) is 15.4 Å². The molecule has 1 amide bonds. The second-order valence-corrected chi connectivity index (χ2v) is 10.8. The van der Waals surface area contributed by atoms with Crippen molar-refractivity contribution in [1.29, 1.82) is 0 Å². The number of nitrogens with one attached hydrogen (secondary N) is 3. The lowest BCUT2D eigenvalue weighted by molar-refractivity contribution is -0.110. The van der Waals surface area contributed by atoms with Crippen molar-refractivity contribution in [3.8, 4) is 0 Å². The van der Waals surface area contributed by atoms with Crippen molar-refractivity contribution < 1.29 is 13.2 Å². The molecule has 0 unspecified atom stereocenters. The zero-order valence-corrected chi connectivity index (χ0v) is 21.1. The third kappa shape index (κ3) is 6.49. The fraction of sp³-hybridized carbons (Fsp3) is 0.192. The predicted molar refractivity (Wildman–Crippen MR) is 143 cm³/mol. The molecular weight excluding hydrogens is 484 g/mol. The quantitative estimate of drug-likeness (QED) is 0.374. The Hall–Kier alpha value is -3.17. The Bertz CT molecular complexity index is 1360. The van der Waals surface area contributed by atoms with E-state index in [1.165, 1.54) is 0 Å². The van der Waals surface area contributed by atoms with Crippen LogP contribution in [0.15, 0.2) is 72.8 Å². The molecule has 0 radical (unpaired) electrons. The average Bonchev–Trinajstić information content (AvgIpc) is 3.12. The highest BCUT2D eigenvalue weighted by atomic mass is 35.5. The normalized spacial score (nSPS) is 14.6. The third-order valence-corrected chi connectivity index (χ3v) is 6.54. The number of carbonyl (C=O) groups is 1. The van der Waals surface area contributed by atoms with Gasteiger partial charge < -0.3 is 15.5 Å². The number of rotatable bonds is 9. The molecule has 1 aliphatic rings. The van der Waals surface area contributed by atoms with Crippen LogP contribution in [0, 0.1) is 0 Å².